The molecule has 1 atom stereocenters. The van der Waals surface area contributed by atoms with Crippen molar-refractivity contribution in [1.29, 1.82) is 0 Å². The summed E-state index contributed by atoms with van der Waals surface area (Å²) in [6, 6.07) is 13.0. The maximum absolute atomic E-state index is 11.1. The second-order valence-electron chi connectivity index (χ2n) is 7.56. The van der Waals surface area contributed by atoms with E-state index in [-0.39, 0.29) is 22.7 Å². The molecule has 27 heavy (non-hydrogen) atoms. The summed E-state index contributed by atoms with van der Waals surface area (Å²) >= 11 is 0. The van der Waals surface area contributed by atoms with Crippen LogP contribution in [0.4, 0.5) is 11.4 Å². The van der Waals surface area contributed by atoms with Crippen LogP contribution >= 0.6 is 0 Å². The summed E-state index contributed by atoms with van der Waals surface area (Å²) in [4.78, 5) is 21.6. The molecule has 0 fully saturated rings. The zero-order valence-corrected chi connectivity index (χ0v) is 15.4. The molecule has 1 unspecified atom stereocenters. The highest BCUT2D eigenvalue weighted by Crippen LogP contribution is 2.39. The number of nitrogens with zero attached hydrogens (tertiary/aromatic N) is 3. The number of hydrogen-bond donors (Lipinski definition) is 1. The summed E-state index contributed by atoms with van der Waals surface area (Å²) in [5, 5.41) is 26.7. The molecule has 0 amide bonds. The first-order valence-electron chi connectivity index (χ1n) is 8.62. The van der Waals surface area contributed by atoms with E-state index < -0.39 is 10.9 Å². The molecule has 7 heteroatoms. The third-order valence-corrected chi connectivity index (χ3v) is 4.64. The minimum Gasteiger partial charge on any atom is -0.478 e. The number of non-ortho nitro benzene ring substituents is 1. The average molecular weight is 367 g/mol. The number of nitro groups is 1. The number of anilines is 1. The Kier molecular flexibility index (Phi) is 4.70. The van der Waals surface area contributed by atoms with Crippen LogP contribution in [0.25, 0.3) is 0 Å². The smallest absolute Gasteiger partial charge is 0.335 e. The predicted molar refractivity (Wildman–Crippen MR) is 103 cm³/mol. The normalized spacial score (nSPS) is 16.9. The molecule has 2 aromatic rings. The number of carbonyl (C=O) groups is 1. The Labute approximate surface area is 157 Å². The number of benzene rings is 2. The molecular weight excluding hydrogens is 346 g/mol. The summed E-state index contributed by atoms with van der Waals surface area (Å²) in [6.07, 6.45) is 0.696. The van der Waals surface area contributed by atoms with Crippen molar-refractivity contribution in [3.8, 4) is 0 Å². The zero-order chi connectivity index (χ0) is 19.8. The Morgan fingerprint density at radius 2 is 1.74 bits per heavy atom. The SMILES string of the molecule is CC(C)(C)C1=NN(c2ccc(C(=O)O)cc2)C(c2ccc([N+](=O)[O-])cc2)C1. The Morgan fingerprint density at radius 1 is 1.15 bits per heavy atom. The van der Waals surface area contributed by atoms with E-state index in [4.69, 9.17) is 10.2 Å². The molecule has 2 aromatic carbocycles. The van der Waals surface area contributed by atoms with Crippen molar-refractivity contribution in [2.75, 3.05) is 5.01 Å². The fourth-order valence-corrected chi connectivity index (χ4v) is 3.04. The van der Waals surface area contributed by atoms with Gasteiger partial charge in [0, 0.05) is 29.7 Å². The van der Waals surface area contributed by atoms with E-state index in [2.05, 4.69) is 20.8 Å². The second-order valence-corrected chi connectivity index (χ2v) is 7.56. The Hall–Kier alpha value is -3.22. The van der Waals surface area contributed by atoms with Crippen LogP contribution in [-0.2, 0) is 0 Å². The number of hydrazone groups is 1. The van der Waals surface area contributed by atoms with Gasteiger partial charge in [-0.3, -0.25) is 15.1 Å². The third-order valence-electron chi connectivity index (χ3n) is 4.64. The summed E-state index contributed by atoms with van der Waals surface area (Å²) in [5.41, 5.74) is 2.87. The highest BCUT2D eigenvalue weighted by molar-refractivity contribution is 5.93. The van der Waals surface area contributed by atoms with E-state index in [0.29, 0.717) is 6.42 Å². The largest absolute Gasteiger partial charge is 0.478 e. The van der Waals surface area contributed by atoms with Crippen LogP contribution in [0.2, 0.25) is 0 Å². The molecule has 140 valence electrons. The van der Waals surface area contributed by atoms with Crippen LogP contribution < -0.4 is 5.01 Å². The topological polar surface area (TPSA) is 96.0 Å². The Morgan fingerprint density at radius 3 is 2.22 bits per heavy atom. The molecule has 0 bridgehead atoms. The summed E-state index contributed by atoms with van der Waals surface area (Å²) in [6.45, 7) is 6.28. The van der Waals surface area contributed by atoms with Gasteiger partial charge in [0.15, 0.2) is 0 Å². The first-order chi connectivity index (χ1) is 12.7. The Balaban J connectivity index is 1.98. The molecule has 1 N–H and O–H groups in total. The number of nitro benzene ring substituents is 1. The number of carboxylic acids is 1. The van der Waals surface area contributed by atoms with Gasteiger partial charge in [0.2, 0.25) is 0 Å². The van der Waals surface area contributed by atoms with Gasteiger partial charge in [-0.2, -0.15) is 5.10 Å². The van der Waals surface area contributed by atoms with Crippen LogP contribution in [-0.4, -0.2) is 21.7 Å². The van der Waals surface area contributed by atoms with Crippen LogP contribution in [0.5, 0.6) is 0 Å². The van der Waals surface area contributed by atoms with Gasteiger partial charge in [-0.1, -0.05) is 32.9 Å². The van der Waals surface area contributed by atoms with E-state index in [1.165, 1.54) is 12.1 Å². The van der Waals surface area contributed by atoms with E-state index in [1.807, 2.05) is 5.01 Å². The quantitative estimate of drug-likeness (QED) is 0.627. The standard InChI is InChI=1S/C20H21N3O4/c1-20(2,3)18-12-17(13-4-10-16(11-5-13)23(26)27)22(21-18)15-8-6-14(7-9-15)19(24)25/h4-11,17H,12H2,1-3H3,(H,24,25). The van der Waals surface area contributed by atoms with Crippen LogP contribution in [0.1, 0.15) is 49.2 Å². The van der Waals surface area contributed by atoms with Crippen LogP contribution in [0, 0.1) is 15.5 Å². The van der Waals surface area contributed by atoms with Crippen molar-refractivity contribution in [2.24, 2.45) is 10.5 Å². The molecule has 3 rings (SSSR count). The lowest BCUT2D eigenvalue weighted by molar-refractivity contribution is -0.384. The maximum atomic E-state index is 11.1. The molecule has 7 nitrogen and oxygen atoms in total. The van der Waals surface area contributed by atoms with Gasteiger partial charge in [0.05, 0.1) is 22.2 Å². The molecular formula is C20H21N3O4. The molecule has 0 aromatic heterocycles. The van der Waals surface area contributed by atoms with Gasteiger partial charge in [-0.25, -0.2) is 4.79 Å². The maximum Gasteiger partial charge on any atom is 0.335 e. The summed E-state index contributed by atoms with van der Waals surface area (Å²) in [7, 11) is 0. The van der Waals surface area contributed by atoms with Crippen molar-refractivity contribution >= 4 is 23.1 Å². The molecule has 0 saturated heterocycles. The van der Waals surface area contributed by atoms with Gasteiger partial charge in [-0.15, -0.1) is 0 Å². The fourth-order valence-electron chi connectivity index (χ4n) is 3.04. The molecule has 1 aliphatic heterocycles. The number of carboxylic acid groups (broad SMARTS) is 1. The van der Waals surface area contributed by atoms with Gasteiger partial charge in [0.25, 0.3) is 5.69 Å². The van der Waals surface area contributed by atoms with E-state index in [9.17, 15) is 14.9 Å². The molecule has 1 aliphatic rings. The number of rotatable bonds is 4. The fraction of sp³-hybridized carbons (Fsp3) is 0.300. The van der Waals surface area contributed by atoms with Crippen molar-refractivity contribution in [3.63, 3.8) is 0 Å². The monoisotopic (exact) mass is 367 g/mol. The Bertz CT molecular complexity index is 896. The lowest BCUT2D eigenvalue weighted by Crippen LogP contribution is -2.19. The first kappa shape index (κ1) is 18.6. The van der Waals surface area contributed by atoms with Crippen molar-refractivity contribution in [1.82, 2.24) is 0 Å². The zero-order valence-electron chi connectivity index (χ0n) is 15.4. The third kappa shape index (κ3) is 3.81. The van der Waals surface area contributed by atoms with Gasteiger partial charge in [-0.05, 0) is 29.8 Å². The van der Waals surface area contributed by atoms with Crippen LogP contribution in [0.3, 0.4) is 0 Å². The molecule has 0 spiro atoms. The minimum atomic E-state index is -0.978. The van der Waals surface area contributed by atoms with Crippen molar-refractivity contribution in [2.45, 2.75) is 33.2 Å². The molecule has 1 heterocycles. The summed E-state index contributed by atoms with van der Waals surface area (Å²) < 4.78 is 0. The number of aromatic carboxylic acids is 1. The van der Waals surface area contributed by atoms with E-state index in [0.717, 1.165) is 17.0 Å². The van der Waals surface area contributed by atoms with Gasteiger partial charge >= 0.3 is 5.97 Å². The predicted octanol–water partition coefficient (Wildman–Crippen LogP) is 4.65. The average Bonchev–Trinajstić information content (AvgIpc) is 3.07. The van der Waals surface area contributed by atoms with E-state index in [1.54, 1.807) is 36.4 Å². The highest BCUT2D eigenvalue weighted by atomic mass is 16.6. The highest BCUT2D eigenvalue weighted by Gasteiger charge is 2.34. The van der Waals surface area contributed by atoms with Gasteiger partial charge in [0.1, 0.15) is 0 Å². The van der Waals surface area contributed by atoms with Crippen molar-refractivity contribution < 1.29 is 14.8 Å². The first-order valence-corrected chi connectivity index (χ1v) is 8.62. The lowest BCUT2D eigenvalue weighted by atomic mass is 9.86. The summed E-state index contributed by atoms with van der Waals surface area (Å²) in [5.74, 6) is -0.978. The second kappa shape index (κ2) is 6.83. The number of hydrogen-bond acceptors (Lipinski definition) is 5. The van der Waals surface area contributed by atoms with Gasteiger partial charge < -0.3 is 5.11 Å². The molecule has 0 radical (unpaired) electrons. The molecule has 0 aliphatic carbocycles. The lowest BCUT2D eigenvalue weighted by Gasteiger charge is -2.24. The minimum absolute atomic E-state index is 0.0473. The van der Waals surface area contributed by atoms with E-state index >= 15 is 0 Å². The molecule has 0 saturated carbocycles. The van der Waals surface area contributed by atoms with Crippen LogP contribution in [0.15, 0.2) is 53.6 Å². The van der Waals surface area contributed by atoms with Crippen molar-refractivity contribution in [3.05, 3.63) is 69.8 Å².